The van der Waals surface area contributed by atoms with Crippen molar-refractivity contribution in [3.63, 3.8) is 0 Å². The van der Waals surface area contributed by atoms with E-state index in [4.69, 9.17) is 0 Å². The highest BCUT2D eigenvalue weighted by molar-refractivity contribution is 6.20. The first-order valence-corrected chi connectivity index (χ1v) is 17.6. The van der Waals surface area contributed by atoms with Crippen LogP contribution in [0.5, 0.6) is 0 Å². The summed E-state index contributed by atoms with van der Waals surface area (Å²) in [7, 11) is 0. The van der Waals surface area contributed by atoms with Crippen molar-refractivity contribution in [1.82, 2.24) is 9.13 Å². The molecule has 0 radical (unpaired) electrons. The van der Waals surface area contributed by atoms with E-state index < -0.39 is 0 Å². The maximum atomic E-state index is 15.3. The van der Waals surface area contributed by atoms with Gasteiger partial charge in [-0.15, -0.1) is 0 Å². The number of para-hydroxylation sites is 3. The molecule has 0 fully saturated rings. The van der Waals surface area contributed by atoms with E-state index in [0.29, 0.717) is 0 Å². The molecule has 3 nitrogen and oxygen atoms in total. The highest BCUT2D eigenvalue weighted by Crippen LogP contribution is 2.48. The van der Waals surface area contributed by atoms with E-state index in [1.54, 1.807) is 12.1 Å². The summed E-state index contributed by atoms with van der Waals surface area (Å²) in [6.45, 7) is 0. The molecular formula is C48H32FN3. The van der Waals surface area contributed by atoms with Crippen LogP contribution in [0, 0.1) is 5.82 Å². The van der Waals surface area contributed by atoms with Gasteiger partial charge in [0.15, 0.2) is 0 Å². The van der Waals surface area contributed by atoms with Crippen LogP contribution in [0.15, 0.2) is 194 Å². The lowest BCUT2D eigenvalue weighted by Crippen LogP contribution is -2.11. The summed E-state index contributed by atoms with van der Waals surface area (Å²) in [5.41, 5.74) is 11.6. The molecule has 0 bridgehead atoms. The van der Waals surface area contributed by atoms with Gasteiger partial charge in [-0.1, -0.05) is 115 Å². The SMILES string of the molecule is Fc1cccc(N(c2cccc3c2c2ccccc2n3-c2ccccc2)c2cccc3c2c2ccccc2n3-c2cccc(-c3ccccc3)c2)c1. The van der Waals surface area contributed by atoms with E-state index in [0.717, 1.165) is 77.6 Å². The molecule has 2 heterocycles. The second-order valence-electron chi connectivity index (χ2n) is 13.1. The minimum Gasteiger partial charge on any atom is -0.309 e. The van der Waals surface area contributed by atoms with Gasteiger partial charge in [-0.2, -0.15) is 0 Å². The summed E-state index contributed by atoms with van der Waals surface area (Å²) < 4.78 is 20.0. The first kappa shape index (κ1) is 30.0. The van der Waals surface area contributed by atoms with Gasteiger partial charge in [0.05, 0.1) is 33.4 Å². The molecule has 0 atom stereocenters. The third kappa shape index (κ3) is 4.73. The number of rotatable bonds is 6. The van der Waals surface area contributed by atoms with Crippen molar-refractivity contribution >= 4 is 60.7 Å². The number of fused-ring (bicyclic) bond motifs is 6. The normalized spacial score (nSPS) is 11.6. The highest BCUT2D eigenvalue weighted by atomic mass is 19.1. The molecule has 10 aromatic rings. The van der Waals surface area contributed by atoms with Crippen LogP contribution in [-0.4, -0.2) is 9.13 Å². The largest absolute Gasteiger partial charge is 0.309 e. The smallest absolute Gasteiger partial charge is 0.125 e. The van der Waals surface area contributed by atoms with Crippen molar-refractivity contribution in [3.05, 3.63) is 200 Å². The predicted octanol–water partition coefficient (Wildman–Crippen LogP) is 13.2. The number of anilines is 3. The number of hydrogen-bond donors (Lipinski definition) is 0. The second kappa shape index (κ2) is 12.1. The average molecular weight is 670 g/mol. The molecule has 0 unspecified atom stereocenters. The van der Waals surface area contributed by atoms with E-state index >= 15 is 4.39 Å². The van der Waals surface area contributed by atoms with E-state index in [1.165, 1.54) is 11.6 Å². The maximum Gasteiger partial charge on any atom is 0.125 e. The quantitative estimate of drug-likeness (QED) is 0.172. The van der Waals surface area contributed by atoms with Gasteiger partial charge in [-0.3, -0.25) is 0 Å². The molecule has 246 valence electrons. The number of benzene rings is 8. The molecule has 52 heavy (non-hydrogen) atoms. The standard InChI is InChI=1S/C48H32FN3/c49-35-18-12-22-38(32-35)52(45-29-13-27-43-47(45)39-23-7-9-25-41(39)50(43)36-19-5-2-6-20-36)46-30-14-28-44-48(46)40-24-8-10-26-42(40)51(44)37-21-11-17-34(31-37)33-15-3-1-4-16-33/h1-32H. The van der Waals surface area contributed by atoms with E-state index in [2.05, 4.69) is 172 Å². The van der Waals surface area contributed by atoms with Crippen molar-refractivity contribution in [3.8, 4) is 22.5 Å². The minimum absolute atomic E-state index is 0.284. The molecule has 0 aliphatic rings. The average Bonchev–Trinajstić information content (AvgIpc) is 3.73. The zero-order valence-electron chi connectivity index (χ0n) is 28.2. The van der Waals surface area contributed by atoms with Crippen molar-refractivity contribution in [1.29, 1.82) is 0 Å². The number of nitrogens with zero attached hydrogens (tertiary/aromatic N) is 3. The second-order valence-corrected chi connectivity index (χ2v) is 13.1. The third-order valence-electron chi connectivity index (χ3n) is 10.1. The predicted molar refractivity (Wildman–Crippen MR) is 215 cm³/mol. The Morgan fingerprint density at radius 2 is 0.846 bits per heavy atom. The van der Waals surface area contributed by atoms with Crippen molar-refractivity contribution < 1.29 is 4.39 Å². The summed E-state index contributed by atoms with van der Waals surface area (Å²) in [6.07, 6.45) is 0. The van der Waals surface area contributed by atoms with Crippen molar-refractivity contribution in [2.45, 2.75) is 0 Å². The molecule has 0 N–H and O–H groups in total. The molecule has 0 amide bonds. The molecule has 0 aliphatic heterocycles. The summed E-state index contributed by atoms with van der Waals surface area (Å²) in [5.74, 6) is -0.284. The fourth-order valence-electron chi connectivity index (χ4n) is 7.99. The van der Waals surface area contributed by atoms with Crippen LogP contribution in [0.1, 0.15) is 0 Å². The van der Waals surface area contributed by atoms with Crippen LogP contribution in [0.3, 0.4) is 0 Å². The lowest BCUT2D eigenvalue weighted by atomic mass is 10.0. The number of hydrogen-bond acceptors (Lipinski definition) is 1. The van der Waals surface area contributed by atoms with Gasteiger partial charge < -0.3 is 14.0 Å². The van der Waals surface area contributed by atoms with Crippen LogP contribution in [-0.2, 0) is 0 Å². The van der Waals surface area contributed by atoms with Gasteiger partial charge in [0.25, 0.3) is 0 Å². The van der Waals surface area contributed by atoms with Crippen molar-refractivity contribution in [2.75, 3.05) is 4.90 Å². The summed E-state index contributed by atoms with van der Waals surface area (Å²) in [5, 5.41) is 4.45. The molecule has 0 spiro atoms. The molecule has 0 saturated carbocycles. The topological polar surface area (TPSA) is 13.1 Å². The van der Waals surface area contributed by atoms with Crippen LogP contribution < -0.4 is 4.90 Å². The minimum atomic E-state index is -0.284. The van der Waals surface area contributed by atoms with Crippen molar-refractivity contribution in [2.24, 2.45) is 0 Å². The Balaban J connectivity index is 1.29. The van der Waals surface area contributed by atoms with Gasteiger partial charge in [0, 0.05) is 38.6 Å². The Kier molecular flexibility index (Phi) is 7.00. The zero-order chi connectivity index (χ0) is 34.6. The van der Waals surface area contributed by atoms with Gasteiger partial charge in [0.1, 0.15) is 5.82 Å². The number of aromatic nitrogens is 2. The van der Waals surface area contributed by atoms with E-state index in [1.807, 2.05) is 18.2 Å². The molecular weight excluding hydrogens is 638 g/mol. The zero-order valence-corrected chi connectivity index (χ0v) is 28.2. The highest BCUT2D eigenvalue weighted by Gasteiger charge is 2.25. The lowest BCUT2D eigenvalue weighted by molar-refractivity contribution is 0.628. The van der Waals surface area contributed by atoms with Gasteiger partial charge in [0.2, 0.25) is 0 Å². The first-order chi connectivity index (χ1) is 25.7. The molecule has 0 aliphatic carbocycles. The van der Waals surface area contributed by atoms with Crippen LogP contribution >= 0.6 is 0 Å². The Hall–Kier alpha value is -6.91. The fourth-order valence-corrected chi connectivity index (χ4v) is 7.99. The van der Waals surface area contributed by atoms with Crippen LogP contribution in [0.25, 0.3) is 66.1 Å². The number of halogens is 1. The molecule has 4 heteroatoms. The Bertz CT molecular complexity index is 2920. The van der Waals surface area contributed by atoms with Crippen LogP contribution in [0.2, 0.25) is 0 Å². The first-order valence-electron chi connectivity index (χ1n) is 17.6. The third-order valence-corrected chi connectivity index (χ3v) is 10.1. The van der Waals surface area contributed by atoms with Crippen LogP contribution in [0.4, 0.5) is 21.5 Å². The summed E-state index contributed by atoms with van der Waals surface area (Å²) in [6, 6.07) is 66.7. The Labute approximate surface area is 300 Å². The monoisotopic (exact) mass is 669 g/mol. The van der Waals surface area contributed by atoms with E-state index in [-0.39, 0.29) is 5.82 Å². The molecule has 8 aromatic carbocycles. The molecule has 0 saturated heterocycles. The summed E-state index contributed by atoms with van der Waals surface area (Å²) >= 11 is 0. The maximum absolute atomic E-state index is 15.3. The summed E-state index contributed by atoms with van der Waals surface area (Å²) in [4.78, 5) is 2.24. The van der Waals surface area contributed by atoms with Gasteiger partial charge in [-0.05, 0) is 90.0 Å². The fraction of sp³-hybridized carbons (Fsp3) is 0. The lowest BCUT2D eigenvalue weighted by Gasteiger charge is -2.27. The molecule has 2 aromatic heterocycles. The Morgan fingerprint density at radius 1 is 0.365 bits per heavy atom. The van der Waals surface area contributed by atoms with Gasteiger partial charge >= 0.3 is 0 Å². The van der Waals surface area contributed by atoms with Gasteiger partial charge in [-0.25, -0.2) is 4.39 Å². The Morgan fingerprint density at radius 3 is 1.48 bits per heavy atom. The van der Waals surface area contributed by atoms with E-state index in [9.17, 15) is 0 Å². The molecule has 10 rings (SSSR count).